The first-order valence-corrected chi connectivity index (χ1v) is 7.78. The molecule has 0 radical (unpaired) electrons. The standard InChI is InChI=1S/C17H20ClN3O3.HI/c1-11-15(16(22)23-3)8-14(24-11)10-21-17(19-2)20-9-12-5-4-6-13(18)7-12;/h4-8H,9-10H2,1-3H3,(H2,19,20,21);1H. The number of furan rings is 1. The van der Waals surface area contributed by atoms with Crippen LogP contribution in [-0.2, 0) is 17.8 Å². The topological polar surface area (TPSA) is 75.9 Å². The molecule has 0 saturated heterocycles. The van der Waals surface area contributed by atoms with Crippen LogP contribution in [0.4, 0.5) is 0 Å². The summed E-state index contributed by atoms with van der Waals surface area (Å²) in [6.45, 7) is 2.71. The molecule has 0 aliphatic carbocycles. The molecule has 0 fully saturated rings. The van der Waals surface area contributed by atoms with Crippen molar-refractivity contribution in [2.45, 2.75) is 20.0 Å². The number of nitrogens with zero attached hydrogens (tertiary/aromatic N) is 1. The van der Waals surface area contributed by atoms with Crippen LogP contribution in [0.5, 0.6) is 0 Å². The van der Waals surface area contributed by atoms with Crippen LogP contribution >= 0.6 is 35.6 Å². The Kier molecular flexibility index (Phi) is 8.77. The molecule has 2 aromatic rings. The molecule has 2 rings (SSSR count). The maximum absolute atomic E-state index is 11.6. The molecule has 0 atom stereocenters. The van der Waals surface area contributed by atoms with E-state index in [4.69, 9.17) is 20.8 Å². The van der Waals surface area contributed by atoms with Gasteiger partial charge in [-0.05, 0) is 30.7 Å². The number of halogens is 2. The van der Waals surface area contributed by atoms with Crippen LogP contribution < -0.4 is 10.6 Å². The van der Waals surface area contributed by atoms with Crippen LogP contribution in [-0.4, -0.2) is 26.1 Å². The largest absolute Gasteiger partial charge is 0.465 e. The third-order valence-electron chi connectivity index (χ3n) is 3.38. The zero-order chi connectivity index (χ0) is 17.5. The summed E-state index contributed by atoms with van der Waals surface area (Å²) in [6.07, 6.45) is 0. The molecule has 8 heteroatoms. The van der Waals surface area contributed by atoms with Crippen molar-refractivity contribution in [3.63, 3.8) is 0 Å². The Labute approximate surface area is 169 Å². The number of benzene rings is 1. The van der Waals surface area contributed by atoms with Crippen molar-refractivity contribution in [3.8, 4) is 0 Å². The number of hydrogen-bond donors (Lipinski definition) is 2. The van der Waals surface area contributed by atoms with E-state index in [2.05, 4.69) is 15.6 Å². The SMILES string of the molecule is CN=C(NCc1cccc(Cl)c1)NCc1cc(C(=O)OC)c(C)o1.I. The predicted octanol–water partition coefficient (Wildman–Crippen LogP) is 3.51. The summed E-state index contributed by atoms with van der Waals surface area (Å²) in [4.78, 5) is 15.7. The number of carbonyl (C=O) groups excluding carboxylic acids is 1. The van der Waals surface area contributed by atoms with E-state index >= 15 is 0 Å². The Bertz CT molecular complexity index is 746. The van der Waals surface area contributed by atoms with Gasteiger partial charge in [0.05, 0.1) is 13.7 Å². The number of guanidine groups is 1. The molecule has 0 unspecified atom stereocenters. The Hall–Kier alpha value is -1.74. The number of hydrogen-bond acceptors (Lipinski definition) is 4. The monoisotopic (exact) mass is 477 g/mol. The summed E-state index contributed by atoms with van der Waals surface area (Å²) in [5.41, 5.74) is 1.48. The lowest BCUT2D eigenvalue weighted by Crippen LogP contribution is -2.36. The summed E-state index contributed by atoms with van der Waals surface area (Å²) in [6, 6.07) is 9.26. The molecule has 0 aliphatic heterocycles. The highest BCUT2D eigenvalue weighted by Crippen LogP contribution is 2.15. The van der Waals surface area contributed by atoms with E-state index in [1.165, 1.54) is 7.11 Å². The van der Waals surface area contributed by atoms with E-state index in [9.17, 15) is 4.79 Å². The zero-order valence-electron chi connectivity index (χ0n) is 14.3. The maximum Gasteiger partial charge on any atom is 0.341 e. The Balaban J connectivity index is 0.00000312. The van der Waals surface area contributed by atoms with Crippen LogP contribution in [0.15, 0.2) is 39.7 Å². The molecule has 0 bridgehead atoms. The molecule has 1 heterocycles. The minimum Gasteiger partial charge on any atom is -0.465 e. The van der Waals surface area contributed by atoms with Gasteiger partial charge in [0.25, 0.3) is 0 Å². The predicted molar refractivity (Wildman–Crippen MR) is 109 cm³/mol. The second kappa shape index (κ2) is 10.3. The van der Waals surface area contributed by atoms with Crippen molar-refractivity contribution in [2.24, 2.45) is 4.99 Å². The molecular weight excluding hydrogens is 457 g/mol. The van der Waals surface area contributed by atoms with Crippen molar-refractivity contribution >= 4 is 47.5 Å². The number of nitrogens with one attached hydrogen (secondary N) is 2. The van der Waals surface area contributed by atoms with Crippen molar-refractivity contribution < 1.29 is 13.9 Å². The summed E-state index contributed by atoms with van der Waals surface area (Å²) in [5, 5.41) is 7.01. The summed E-state index contributed by atoms with van der Waals surface area (Å²) < 4.78 is 10.3. The minimum atomic E-state index is -0.411. The average Bonchev–Trinajstić information content (AvgIpc) is 2.95. The van der Waals surface area contributed by atoms with Gasteiger partial charge in [0, 0.05) is 18.6 Å². The fourth-order valence-electron chi connectivity index (χ4n) is 2.17. The Morgan fingerprint density at radius 2 is 2.00 bits per heavy atom. The van der Waals surface area contributed by atoms with Gasteiger partial charge < -0.3 is 19.8 Å². The van der Waals surface area contributed by atoms with Crippen molar-refractivity contribution in [3.05, 3.63) is 58.0 Å². The highest BCUT2D eigenvalue weighted by Gasteiger charge is 2.15. The van der Waals surface area contributed by atoms with Crippen molar-refractivity contribution in [1.82, 2.24) is 10.6 Å². The normalized spacial score (nSPS) is 10.8. The number of carbonyl (C=O) groups is 1. The van der Waals surface area contributed by atoms with E-state index in [-0.39, 0.29) is 24.0 Å². The number of aryl methyl sites for hydroxylation is 1. The van der Waals surface area contributed by atoms with Crippen molar-refractivity contribution in [2.75, 3.05) is 14.2 Å². The molecular formula is C17H21ClIN3O3. The summed E-state index contributed by atoms with van der Waals surface area (Å²) in [7, 11) is 3.02. The van der Waals surface area contributed by atoms with Crippen LogP contribution in [0.2, 0.25) is 5.02 Å². The number of rotatable bonds is 5. The van der Waals surface area contributed by atoms with Gasteiger partial charge in [-0.2, -0.15) is 0 Å². The van der Waals surface area contributed by atoms with Gasteiger partial charge in [-0.15, -0.1) is 24.0 Å². The second-order valence-electron chi connectivity index (χ2n) is 5.08. The second-order valence-corrected chi connectivity index (χ2v) is 5.52. The molecule has 6 nitrogen and oxygen atoms in total. The van der Waals surface area contributed by atoms with Gasteiger partial charge in [0.1, 0.15) is 17.1 Å². The third kappa shape index (κ3) is 6.24. The molecule has 1 aromatic carbocycles. The highest BCUT2D eigenvalue weighted by molar-refractivity contribution is 14.0. The fraction of sp³-hybridized carbons (Fsp3) is 0.294. The number of ether oxygens (including phenoxy) is 1. The van der Waals surface area contributed by atoms with Gasteiger partial charge in [-0.25, -0.2) is 4.79 Å². The maximum atomic E-state index is 11.6. The fourth-order valence-corrected chi connectivity index (χ4v) is 2.38. The molecule has 0 saturated carbocycles. The van der Waals surface area contributed by atoms with E-state index in [0.29, 0.717) is 41.2 Å². The molecule has 0 amide bonds. The minimum absolute atomic E-state index is 0. The first-order chi connectivity index (χ1) is 11.5. The lowest BCUT2D eigenvalue weighted by molar-refractivity contribution is 0.0599. The van der Waals surface area contributed by atoms with Crippen LogP contribution in [0.1, 0.15) is 27.4 Å². The van der Waals surface area contributed by atoms with Crippen molar-refractivity contribution in [1.29, 1.82) is 0 Å². The van der Waals surface area contributed by atoms with Gasteiger partial charge >= 0.3 is 5.97 Å². The van der Waals surface area contributed by atoms with Crippen LogP contribution in [0.25, 0.3) is 0 Å². The molecule has 0 spiro atoms. The first kappa shape index (κ1) is 21.3. The zero-order valence-corrected chi connectivity index (χ0v) is 17.3. The lowest BCUT2D eigenvalue weighted by Gasteiger charge is -2.11. The average molecular weight is 478 g/mol. The molecule has 1 aromatic heterocycles. The molecule has 25 heavy (non-hydrogen) atoms. The van der Waals surface area contributed by atoms with E-state index < -0.39 is 5.97 Å². The van der Waals surface area contributed by atoms with Gasteiger partial charge in [0.2, 0.25) is 0 Å². The highest BCUT2D eigenvalue weighted by atomic mass is 127. The van der Waals surface area contributed by atoms with Crippen LogP contribution in [0.3, 0.4) is 0 Å². The number of methoxy groups -OCH3 is 1. The Morgan fingerprint density at radius 3 is 2.64 bits per heavy atom. The van der Waals surface area contributed by atoms with E-state index in [1.54, 1.807) is 20.0 Å². The van der Waals surface area contributed by atoms with Gasteiger partial charge in [-0.3, -0.25) is 4.99 Å². The van der Waals surface area contributed by atoms with Crippen LogP contribution in [0, 0.1) is 6.92 Å². The molecule has 0 aliphatic rings. The summed E-state index contributed by atoms with van der Waals surface area (Å²) >= 11 is 5.97. The first-order valence-electron chi connectivity index (χ1n) is 7.40. The van der Waals surface area contributed by atoms with E-state index in [1.807, 2.05) is 24.3 Å². The number of esters is 1. The molecule has 2 N–H and O–H groups in total. The third-order valence-corrected chi connectivity index (χ3v) is 3.61. The van der Waals surface area contributed by atoms with E-state index in [0.717, 1.165) is 5.56 Å². The Morgan fingerprint density at radius 1 is 1.28 bits per heavy atom. The molecule has 136 valence electrons. The quantitative estimate of drug-likeness (QED) is 0.298. The smallest absolute Gasteiger partial charge is 0.341 e. The van der Waals surface area contributed by atoms with Gasteiger partial charge in [-0.1, -0.05) is 23.7 Å². The summed E-state index contributed by atoms with van der Waals surface area (Å²) in [5.74, 6) is 1.36. The van der Waals surface area contributed by atoms with Gasteiger partial charge in [0.15, 0.2) is 5.96 Å². The lowest BCUT2D eigenvalue weighted by atomic mass is 10.2. The number of aliphatic imine (C=N–C) groups is 1.